The van der Waals surface area contributed by atoms with Crippen LogP contribution in [0.4, 0.5) is 0 Å². The van der Waals surface area contributed by atoms with Crippen molar-refractivity contribution in [2.45, 2.75) is 38.2 Å². The van der Waals surface area contributed by atoms with Gasteiger partial charge in [-0.15, -0.1) is 0 Å². The minimum absolute atomic E-state index is 0.0499. The highest BCUT2D eigenvalue weighted by Gasteiger charge is 2.27. The number of benzene rings is 4. The van der Waals surface area contributed by atoms with Crippen LogP contribution in [0.15, 0.2) is 72.8 Å². The predicted molar refractivity (Wildman–Crippen MR) is 165 cm³/mol. The number of carbonyl (C=O) groups excluding carboxylic acids is 2. The maximum Gasteiger partial charge on any atom is 0.255 e. The monoisotopic (exact) mass is 569 g/mol. The zero-order valence-corrected chi connectivity index (χ0v) is 24.0. The third kappa shape index (κ3) is 6.19. The highest BCUT2D eigenvalue weighted by Crippen LogP contribution is 2.32. The molecule has 0 aliphatic carbocycles. The van der Waals surface area contributed by atoms with Gasteiger partial charge < -0.3 is 19.9 Å². The smallest absolute Gasteiger partial charge is 0.255 e. The third-order valence-corrected chi connectivity index (χ3v) is 8.63. The molecule has 1 N–H and O–H groups in total. The van der Waals surface area contributed by atoms with E-state index in [0.717, 1.165) is 40.1 Å². The summed E-state index contributed by atoms with van der Waals surface area (Å²) in [7, 11) is 0. The molecule has 0 spiro atoms. The number of rotatable bonds is 8. The van der Waals surface area contributed by atoms with E-state index in [4.69, 9.17) is 16.3 Å². The second-order valence-electron chi connectivity index (χ2n) is 11.1. The van der Waals surface area contributed by atoms with E-state index >= 15 is 0 Å². The fraction of sp³-hybridized carbons (Fsp3) is 0.353. The Labute approximate surface area is 246 Å². The van der Waals surface area contributed by atoms with Gasteiger partial charge in [-0.25, -0.2) is 0 Å². The van der Waals surface area contributed by atoms with E-state index < -0.39 is 0 Å². The highest BCUT2D eigenvalue weighted by molar-refractivity contribution is 6.32. The average Bonchev–Trinajstić information content (AvgIpc) is 3.53. The number of hydrogen-bond acceptors (Lipinski definition) is 4. The second kappa shape index (κ2) is 12.5. The van der Waals surface area contributed by atoms with Gasteiger partial charge in [-0.05, 0) is 84.7 Å². The molecule has 4 aromatic rings. The number of piperidine rings is 1. The number of halogens is 1. The molecule has 2 aliphatic rings. The van der Waals surface area contributed by atoms with Crippen molar-refractivity contribution < 1.29 is 14.3 Å². The van der Waals surface area contributed by atoms with Crippen molar-refractivity contribution in [1.82, 2.24) is 15.1 Å². The Morgan fingerprint density at radius 1 is 0.854 bits per heavy atom. The summed E-state index contributed by atoms with van der Waals surface area (Å²) in [6, 6.07) is 23.6. The van der Waals surface area contributed by atoms with Crippen LogP contribution in [0.1, 0.15) is 52.8 Å². The Morgan fingerprint density at radius 2 is 1.51 bits per heavy atom. The predicted octanol–water partition coefficient (Wildman–Crippen LogP) is 6.55. The van der Waals surface area contributed by atoms with Crippen LogP contribution in [0, 0.1) is 0 Å². The maximum absolute atomic E-state index is 13.8. The van der Waals surface area contributed by atoms with Crippen molar-refractivity contribution in [1.29, 1.82) is 0 Å². The standard InChI is InChI=1S/C34H36ClN3O3/c35-30-23-26(33(39)36-16-7-19-37-17-5-6-18-37)12-13-31(30)41-27-14-20-38(21-15-27)34(40)32-28-10-3-1-8-24(28)22-25-9-2-4-11-29(25)32/h1-4,8-13,22-23,27H,5-7,14-21H2,(H,36,39). The first-order chi connectivity index (χ1) is 20.1. The molecule has 0 saturated carbocycles. The molecule has 212 valence electrons. The lowest BCUT2D eigenvalue weighted by Gasteiger charge is -2.33. The number of fused-ring (bicyclic) bond motifs is 2. The van der Waals surface area contributed by atoms with E-state index in [9.17, 15) is 9.59 Å². The van der Waals surface area contributed by atoms with Crippen molar-refractivity contribution in [3.8, 4) is 5.75 Å². The molecule has 6 nitrogen and oxygen atoms in total. The Bertz CT molecular complexity index is 1500. The lowest BCUT2D eigenvalue weighted by atomic mass is 9.95. The first-order valence-corrected chi connectivity index (χ1v) is 15.1. The summed E-state index contributed by atoms with van der Waals surface area (Å²) in [6.07, 6.45) is 4.87. The zero-order chi connectivity index (χ0) is 28.2. The van der Waals surface area contributed by atoms with Crippen LogP contribution in [0.25, 0.3) is 21.5 Å². The SMILES string of the molecule is O=C(NCCCN1CCCC1)c1ccc(OC2CCN(C(=O)c3c4ccccc4cc4ccccc34)CC2)c(Cl)c1. The van der Waals surface area contributed by atoms with Crippen molar-refractivity contribution in [2.75, 3.05) is 39.3 Å². The molecule has 2 fully saturated rings. The summed E-state index contributed by atoms with van der Waals surface area (Å²) < 4.78 is 6.24. The van der Waals surface area contributed by atoms with Gasteiger partial charge in [0.15, 0.2) is 0 Å². The van der Waals surface area contributed by atoms with E-state index in [1.54, 1.807) is 18.2 Å². The van der Waals surface area contributed by atoms with Crippen molar-refractivity contribution in [2.24, 2.45) is 0 Å². The van der Waals surface area contributed by atoms with E-state index in [-0.39, 0.29) is 17.9 Å². The molecule has 2 amide bonds. The minimum Gasteiger partial charge on any atom is -0.489 e. The Morgan fingerprint density at radius 3 is 2.17 bits per heavy atom. The molecule has 2 heterocycles. The van der Waals surface area contributed by atoms with Crippen LogP contribution in [0.3, 0.4) is 0 Å². The Hall–Kier alpha value is -3.61. The van der Waals surface area contributed by atoms with Gasteiger partial charge in [0.2, 0.25) is 0 Å². The maximum atomic E-state index is 13.8. The lowest BCUT2D eigenvalue weighted by Crippen LogP contribution is -2.42. The minimum atomic E-state index is -0.118. The molecule has 2 saturated heterocycles. The molecule has 0 radical (unpaired) electrons. The van der Waals surface area contributed by atoms with Crippen LogP contribution in [-0.2, 0) is 0 Å². The number of likely N-dealkylation sites (tertiary alicyclic amines) is 2. The fourth-order valence-corrected chi connectivity index (χ4v) is 6.33. The fourth-order valence-electron chi connectivity index (χ4n) is 6.11. The number of ether oxygens (including phenoxy) is 1. The molecule has 0 unspecified atom stereocenters. The molecule has 0 bridgehead atoms. The molecule has 0 atom stereocenters. The van der Waals surface area contributed by atoms with Crippen molar-refractivity contribution in [3.05, 3.63) is 88.9 Å². The van der Waals surface area contributed by atoms with Gasteiger partial charge in [0.25, 0.3) is 11.8 Å². The number of nitrogens with one attached hydrogen (secondary N) is 1. The van der Waals surface area contributed by atoms with Crippen LogP contribution < -0.4 is 10.1 Å². The van der Waals surface area contributed by atoms with Gasteiger partial charge in [-0.3, -0.25) is 9.59 Å². The van der Waals surface area contributed by atoms with E-state index in [2.05, 4.69) is 28.4 Å². The summed E-state index contributed by atoms with van der Waals surface area (Å²) in [5.41, 5.74) is 1.30. The zero-order valence-electron chi connectivity index (χ0n) is 23.3. The van der Waals surface area contributed by atoms with E-state index in [1.165, 1.54) is 25.9 Å². The van der Waals surface area contributed by atoms with Crippen molar-refractivity contribution in [3.63, 3.8) is 0 Å². The van der Waals surface area contributed by atoms with Gasteiger partial charge in [0.05, 0.1) is 10.6 Å². The second-order valence-corrected chi connectivity index (χ2v) is 11.5. The van der Waals surface area contributed by atoms with Crippen LogP contribution in [-0.4, -0.2) is 67.0 Å². The van der Waals surface area contributed by atoms with Crippen molar-refractivity contribution >= 4 is 45.0 Å². The topological polar surface area (TPSA) is 61.9 Å². The molecule has 6 rings (SSSR count). The quantitative estimate of drug-likeness (QED) is 0.193. The number of carbonyl (C=O) groups is 2. The third-order valence-electron chi connectivity index (χ3n) is 8.34. The van der Waals surface area contributed by atoms with Crippen LogP contribution in [0.2, 0.25) is 5.02 Å². The van der Waals surface area contributed by atoms with Gasteiger partial charge in [0, 0.05) is 38.0 Å². The highest BCUT2D eigenvalue weighted by atomic mass is 35.5. The lowest BCUT2D eigenvalue weighted by molar-refractivity contribution is 0.0599. The molecule has 7 heteroatoms. The summed E-state index contributed by atoms with van der Waals surface area (Å²) in [5, 5.41) is 7.53. The first kappa shape index (κ1) is 27.6. The van der Waals surface area contributed by atoms with Gasteiger partial charge in [0.1, 0.15) is 11.9 Å². The summed E-state index contributed by atoms with van der Waals surface area (Å²) in [4.78, 5) is 30.8. The van der Waals surface area contributed by atoms with E-state index in [1.807, 2.05) is 41.3 Å². The molecule has 4 aromatic carbocycles. The Kier molecular flexibility index (Phi) is 8.40. The summed E-state index contributed by atoms with van der Waals surface area (Å²) >= 11 is 6.53. The van der Waals surface area contributed by atoms with Crippen LogP contribution >= 0.6 is 11.6 Å². The molecular formula is C34H36ClN3O3. The summed E-state index contributed by atoms with van der Waals surface area (Å²) in [6.45, 7) is 5.23. The molecular weight excluding hydrogens is 534 g/mol. The first-order valence-electron chi connectivity index (χ1n) is 14.7. The van der Waals surface area contributed by atoms with Gasteiger partial charge in [-0.2, -0.15) is 0 Å². The largest absolute Gasteiger partial charge is 0.489 e. The number of amides is 2. The molecule has 0 aromatic heterocycles. The average molecular weight is 570 g/mol. The Balaban J connectivity index is 1.05. The summed E-state index contributed by atoms with van der Waals surface area (Å²) in [5.74, 6) is 0.514. The van der Waals surface area contributed by atoms with Gasteiger partial charge in [-0.1, -0.05) is 60.1 Å². The molecule has 2 aliphatic heterocycles. The molecule has 41 heavy (non-hydrogen) atoms. The normalized spacial score (nSPS) is 16.4. The number of nitrogens with zero attached hydrogens (tertiary/aromatic N) is 2. The van der Waals surface area contributed by atoms with Gasteiger partial charge >= 0.3 is 0 Å². The number of hydrogen-bond donors (Lipinski definition) is 1. The van der Waals surface area contributed by atoms with Crippen LogP contribution in [0.5, 0.6) is 5.75 Å². The van der Waals surface area contributed by atoms with E-state index in [0.29, 0.717) is 48.8 Å².